The number of likely N-dealkylation sites (tertiary alicyclic amines) is 2. The number of fused-ring (bicyclic) bond motifs is 7. The van der Waals surface area contributed by atoms with Crippen LogP contribution in [-0.4, -0.2) is 85.0 Å². The first kappa shape index (κ1) is 39.3. The predicted octanol–water partition coefficient (Wildman–Crippen LogP) is 6.88. The second kappa shape index (κ2) is 13.6. The van der Waals surface area contributed by atoms with Crippen LogP contribution in [0.25, 0.3) is 0 Å². The van der Waals surface area contributed by atoms with Crippen LogP contribution in [0.1, 0.15) is 131 Å². The van der Waals surface area contributed by atoms with Crippen LogP contribution in [0.3, 0.4) is 0 Å². The van der Waals surface area contributed by atoms with Crippen molar-refractivity contribution >= 4 is 29.7 Å². The third kappa shape index (κ3) is 5.32. The number of hydrogen-bond acceptors (Lipinski definition) is 8. The SMILES string of the molecule is C=C(C)[C@@H]1CC[C@]2(C(=O)N3CCC[C@H]3C(=O)OC)CC[C@]3(C)[C@H](CC[C@@H]4[C@@]5(C)CC[C@@H](OC(C)=O)[C@@](C)(C(=O)N6CCC[C@H]6C(=O)OC)[C@@H]5CC[C@]43C)[C@@H]12. The number of carbonyl (C=O) groups excluding carboxylic acids is 5. The molecule has 2 aliphatic heterocycles. The number of allylic oxidation sites excluding steroid dienone is 1. The zero-order chi connectivity index (χ0) is 39.2. The number of nitrogens with zero attached hydrogens (tertiary/aromatic N) is 2. The van der Waals surface area contributed by atoms with E-state index >= 15 is 9.59 Å². The maximum absolute atomic E-state index is 15.0. The van der Waals surface area contributed by atoms with Crippen LogP contribution in [0, 0.1) is 56.7 Å². The molecule has 54 heavy (non-hydrogen) atoms. The van der Waals surface area contributed by atoms with Gasteiger partial charge in [0.1, 0.15) is 18.2 Å². The van der Waals surface area contributed by atoms with Crippen molar-refractivity contribution in [3.63, 3.8) is 0 Å². The standard InChI is InChI=1S/C44H66N2O8/c1-26(2)28-16-21-44(39(51)46-25-11-13-31(46)37(49)53-9)23-22-41(5)29(35(28)44)14-15-32-40(4)19-18-34(54-27(3)47)43(7,33(40)17-20-42(32,41)6)38(50)45-24-10-12-30(45)36(48)52-8/h28-35H,1,10-25H2,2-9H3/t28-,29+,30-,31-,32+,33+,34+,35+,40+,41+,42+,43-,44-/m0/s1. The topological polar surface area (TPSA) is 120 Å². The monoisotopic (exact) mass is 750 g/mol. The second-order valence-corrected chi connectivity index (χ2v) is 19.6. The zero-order valence-electron chi connectivity index (χ0n) is 34.3. The molecule has 5 aliphatic carbocycles. The third-order valence-corrected chi connectivity index (χ3v) is 17.8. The van der Waals surface area contributed by atoms with E-state index in [-0.39, 0.29) is 63.7 Å². The van der Waals surface area contributed by atoms with E-state index in [9.17, 15) is 14.4 Å². The van der Waals surface area contributed by atoms with Gasteiger partial charge >= 0.3 is 17.9 Å². The van der Waals surface area contributed by atoms with Gasteiger partial charge in [0.2, 0.25) is 11.8 Å². The van der Waals surface area contributed by atoms with Crippen LogP contribution in [0.4, 0.5) is 0 Å². The Hall–Kier alpha value is -2.91. The van der Waals surface area contributed by atoms with Crippen LogP contribution in [0.2, 0.25) is 0 Å². The van der Waals surface area contributed by atoms with Gasteiger partial charge in [0.15, 0.2) is 0 Å². The van der Waals surface area contributed by atoms with E-state index < -0.39 is 29.0 Å². The van der Waals surface area contributed by atoms with E-state index in [0.717, 1.165) is 76.2 Å². The average Bonchev–Trinajstić information content (AvgIpc) is 3.91. The van der Waals surface area contributed by atoms with Crippen LogP contribution in [-0.2, 0) is 38.2 Å². The van der Waals surface area contributed by atoms with Gasteiger partial charge in [-0.2, -0.15) is 0 Å². The first-order valence-electron chi connectivity index (χ1n) is 21.1. The maximum atomic E-state index is 15.0. The van der Waals surface area contributed by atoms with Gasteiger partial charge in [0.05, 0.1) is 25.0 Å². The van der Waals surface area contributed by atoms with Crippen molar-refractivity contribution in [2.45, 2.75) is 150 Å². The molecule has 13 atom stereocenters. The lowest BCUT2D eigenvalue weighted by atomic mass is 9.32. The first-order chi connectivity index (χ1) is 25.5. The number of esters is 3. The molecule has 0 aromatic heterocycles. The molecule has 5 saturated carbocycles. The van der Waals surface area contributed by atoms with Gasteiger partial charge in [-0.15, -0.1) is 0 Å². The average molecular weight is 751 g/mol. The first-order valence-corrected chi connectivity index (χ1v) is 21.1. The molecule has 0 aromatic carbocycles. The number of carbonyl (C=O) groups is 5. The Morgan fingerprint density at radius 3 is 1.83 bits per heavy atom. The summed E-state index contributed by atoms with van der Waals surface area (Å²) in [6.45, 7) is 18.7. The highest BCUT2D eigenvalue weighted by atomic mass is 16.5. The fourth-order valence-corrected chi connectivity index (χ4v) is 15.2. The molecule has 0 radical (unpaired) electrons. The highest BCUT2D eigenvalue weighted by Crippen LogP contribution is 2.78. The molecule has 7 rings (SSSR count). The fraction of sp³-hybridized carbons (Fsp3) is 0.841. The molecule has 2 heterocycles. The Kier molecular flexibility index (Phi) is 9.93. The Labute approximate surface area is 322 Å². The summed E-state index contributed by atoms with van der Waals surface area (Å²) in [6, 6.07) is -1.11. The highest BCUT2D eigenvalue weighted by molar-refractivity contribution is 5.90. The molecule has 0 unspecified atom stereocenters. The smallest absolute Gasteiger partial charge is 0.328 e. The van der Waals surface area contributed by atoms with Crippen molar-refractivity contribution in [2.75, 3.05) is 27.3 Å². The van der Waals surface area contributed by atoms with Crippen molar-refractivity contribution in [1.29, 1.82) is 0 Å². The summed E-state index contributed by atoms with van der Waals surface area (Å²) in [5, 5.41) is 0. The van der Waals surface area contributed by atoms with E-state index in [0.29, 0.717) is 44.2 Å². The number of amides is 2. The normalized spacial score (nSPS) is 45.3. The summed E-state index contributed by atoms with van der Waals surface area (Å²) in [5.74, 6) is 0.0806. The molecule has 10 nitrogen and oxygen atoms in total. The molecular formula is C44H66N2O8. The Bertz CT molecular complexity index is 1600. The lowest BCUT2D eigenvalue weighted by Crippen LogP contribution is -2.69. The number of methoxy groups -OCH3 is 2. The van der Waals surface area contributed by atoms with Gasteiger partial charge in [-0.25, -0.2) is 9.59 Å². The Morgan fingerprint density at radius 1 is 0.648 bits per heavy atom. The zero-order valence-corrected chi connectivity index (χ0v) is 34.3. The molecule has 2 amide bonds. The van der Waals surface area contributed by atoms with Crippen molar-refractivity contribution in [1.82, 2.24) is 9.80 Å². The third-order valence-electron chi connectivity index (χ3n) is 17.8. The minimum Gasteiger partial charge on any atom is -0.467 e. The minimum atomic E-state index is -0.981. The molecule has 10 heteroatoms. The molecule has 300 valence electrons. The summed E-state index contributed by atoms with van der Waals surface area (Å²) in [6.07, 6.45) is 11.1. The van der Waals surface area contributed by atoms with Gasteiger partial charge in [-0.05, 0) is 150 Å². The van der Waals surface area contributed by atoms with E-state index in [2.05, 4.69) is 34.3 Å². The second-order valence-electron chi connectivity index (χ2n) is 19.6. The van der Waals surface area contributed by atoms with Gasteiger partial charge in [0, 0.05) is 20.0 Å². The predicted molar refractivity (Wildman–Crippen MR) is 202 cm³/mol. The van der Waals surface area contributed by atoms with Gasteiger partial charge < -0.3 is 24.0 Å². The van der Waals surface area contributed by atoms with Gasteiger partial charge in [-0.1, -0.05) is 32.9 Å². The minimum absolute atomic E-state index is 0.0305. The van der Waals surface area contributed by atoms with E-state index in [1.807, 2.05) is 11.8 Å². The Balaban J connectivity index is 1.24. The molecule has 0 spiro atoms. The highest BCUT2D eigenvalue weighted by Gasteiger charge is 2.74. The van der Waals surface area contributed by atoms with Gasteiger partial charge in [0.25, 0.3) is 0 Å². The lowest BCUT2D eigenvalue weighted by molar-refractivity contribution is -0.251. The number of ether oxygens (including phenoxy) is 3. The molecule has 0 bridgehead atoms. The molecule has 7 aliphatic rings. The summed E-state index contributed by atoms with van der Waals surface area (Å²) < 4.78 is 16.4. The van der Waals surface area contributed by atoms with E-state index in [1.165, 1.54) is 21.1 Å². The van der Waals surface area contributed by atoms with Crippen LogP contribution in [0.15, 0.2) is 12.2 Å². The van der Waals surface area contributed by atoms with Crippen molar-refractivity contribution in [3.8, 4) is 0 Å². The van der Waals surface area contributed by atoms with E-state index in [1.54, 1.807) is 4.90 Å². The molecule has 0 N–H and O–H groups in total. The lowest BCUT2D eigenvalue weighted by Gasteiger charge is -2.73. The Morgan fingerprint density at radius 2 is 1.26 bits per heavy atom. The quantitative estimate of drug-likeness (QED) is 0.164. The summed E-state index contributed by atoms with van der Waals surface area (Å²) in [7, 11) is 2.80. The molecule has 7 fully saturated rings. The molecule has 0 aromatic rings. The summed E-state index contributed by atoms with van der Waals surface area (Å²) >= 11 is 0. The molecular weight excluding hydrogens is 684 g/mol. The van der Waals surface area contributed by atoms with Crippen molar-refractivity contribution in [3.05, 3.63) is 12.2 Å². The maximum Gasteiger partial charge on any atom is 0.328 e. The fourth-order valence-electron chi connectivity index (χ4n) is 15.2. The largest absolute Gasteiger partial charge is 0.467 e. The summed E-state index contributed by atoms with van der Waals surface area (Å²) in [4.78, 5) is 72.1. The van der Waals surface area contributed by atoms with Crippen LogP contribution in [0.5, 0.6) is 0 Å². The van der Waals surface area contributed by atoms with E-state index in [4.69, 9.17) is 14.2 Å². The molecule has 2 saturated heterocycles. The number of rotatable bonds is 6. The summed E-state index contributed by atoms with van der Waals surface area (Å²) in [5.41, 5.74) is -0.598. The van der Waals surface area contributed by atoms with Gasteiger partial charge in [-0.3, -0.25) is 14.4 Å². The van der Waals surface area contributed by atoms with Crippen LogP contribution < -0.4 is 0 Å². The van der Waals surface area contributed by atoms with Crippen molar-refractivity contribution in [2.24, 2.45) is 56.7 Å². The van der Waals surface area contributed by atoms with Crippen molar-refractivity contribution < 1.29 is 38.2 Å². The van der Waals surface area contributed by atoms with Crippen LogP contribution >= 0.6 is 0 Å². The number of hydrogen-bond donors (Lipinski definition) is 0.